The molecule has 1 aliphatic heterocycles. The number of aryl methyl sites for hydroxylation is 1. The molecule has 2 aromatic heterocycles. The lowest BCUT2D eigenvalue weighted by atomic mass is 9.99. The van der Waals surface area contributed by atoms with Crippen molar-refractivity contribution in [2.24, 2.45) is 4.99 Å². The van der Waals surface area contributed by atoms with E-state index in [0.29, 0.717) is 35.5 Å². The van der Waals surface area contributed by atoms with Crippen LogP contribution in [-0.4, -0.2) is 39.0 Å². The molecule has 1 aromatic carbocycles. The molecule has 0 bridgehead atoms. The summed E-state index contributed by atoms with van der Waals surface area (Å²) in [6.07, 6.45) is -0.305. The Hall–Kier alpha value is -3.96. The molecular weight excluding hydrogens is 474 g/mol. The topological polar surface area (TPSA) is 78.1 Å². The summed E-state index contributed by atoms with van der Waals surface area (Å²) in [6, 6.07) is 6.05. The standard InChI is InChI=1S/C24H20F2N6O2S/c1-13-18(11-27-4)35-23-20(13)21(15-6-8-16(28-5)9-7-15)29-17(22-31-30-14(2)32(22)23)10-19(33)34-12-24(3,25)26/h6-9,17H,10-12H2,1-3H3/t17-/m0/s1. The van der Waals surface area contributed by atoms with Gasteiger partial charge in [-0.15, -0.1) is 21.5 Å². The molecule has 0 spiro atoms. The Morgan fingerprint density at radius 1 is 1.23 bits per heavy atom. The van der Waals surface area contributed by atoms with Gasteiger partial charge in [0.2, 0.25) is 6.54 Å². The first-order valence-corrected chi connectivity index (χ1v) is 11.4. The normalized spacial score (nSPS) is 14.7. The van der Waals surface area contributed by atoms with Gasteiger partial charge in [-0.1, -0.05) is 24.3 Å². The number of benzene rings is 1. The van der Waals surface area contributed by atoms with Crippen LogP contribution in [-0.2, 0) is 16.1 Å². The number of fused-ring (bicyclic) bond motifs is 3. The van der Waals surface area contributed by atoms with E-state index in [0.717, 1.165) is 21.0 Å². The molecule has 1 aliphatic rings. The van der Waals surface area contributed by atoms with Crippen molar-refractivity contribution in [2.45, 2.75) is 45.7 Å². The molecule has 0 saturated heterocycles. The number of esters is 1. The van der Waals surface area contributed by atoms with Crippen molar-refractivity contribution in [2.75, 3.05) is 6.61 Å². The highest BCUT2D eigenvalue weighted by Crippen LogP contribution is 2.40. The van der Waals surface area contributed by atoms with Gasteiger partial charge in [-0.3, -0.25) is 14.4 Å². The second-order valence-corrected chi connectivity index (χ2v) is 9.26. The van der Waals surface area contributed by atoms with E-state index in [1.54, 1.807) is 35.8 Å². The Balaban J connectivity index is 1.88. The molecule has 0 radical (unpaired) electrons. The monoisotopic (exact) mass is 494 g/mol. The third-order valence-electron chi connectivity index (χ3n) is 5.44. The number of aliphatic imine (C=N–C) groups is 1. The summed E-state index contributed by atoms with van der Waals surface area (Å²) in [6.45, 7) is 18.1. The predicted octanol–water partition coefficient (Wildman–Crippen LogP) is 5.40. The van der Waals surface area contributed by atoms with Crippen LogP contribution in [0.25, 0.3) is 14.7 Å². The maximum Gasteiger partial charge on any atom is 0.308 e. The number of aromatic nitrogens is 3. The van der Waals surface area contributed by atoms with Gasteiger partial charge in [0.05, 0.1) is 23.6 Å². The van der Waals surface area contributed by atoms with Crippen LogP contribution in [0.15, 0.2) is 29.3 Å². The number of ether oxygens (including phenoxy) is 1. The van der Waals surface area contributed by atoms with Gasteiger partial charge in [0.15, 0.2) is 18.1 Å². The van der Waals surface area contributed by atoms with Crippen LogP contribution in [0.5, 0.6) is 0 Å². The van der Waals surface area contributed by atoms with Crippen molar-refractivity contribution in [1.82, 2.24) is 14.8 Å². The number of alkyl halides is 2. The molecule has 1 atom stereocenters. The first kappa shape index (κ1) is 24.2. The maximum absolute atomic E-state index is 13.2. The lowest BCUT2D eigenvalue weighted by molar-refractivity contribution is -0.154. The summed E-state index contributed by atoms with van der Waals surface area (Å²) < 4.78 is 33.0. The summed E-state index contributed by atoms with van der Waals surface area (Å²) in [5.74, 6) is -3.02. The highest BCUT2D eigenvalue weighted by atomic mass is 32.1. The molecule has 8 nitrogen and oxygen atoms in total. The van der Waals surface area contributed by atoms with Gasteiger partial charge in [0.25, 0.3) is 5.92 Å². The summed E-state index contributed by atoms with van der Waals surface area (Å²) in [5.41, 5.74) is 3.40. The largest absolute Gasteiger partial charge is 0.459 e. The van der Waals surface area contributed by atoms with E-state index in [9.17, 15) is 13.6 Å². The van der Waals surface area contributed by atoms with Gasteiger partial charge < -0.3 is 9.58 Å². The average Bonchev–Trinajstić information content (AvgIpc) is 3.30. The minimum absolute atomic E-state index is 0.199. The zero-order valence-corrected chi connectivity index (χ0v) is 20.0. The van der Waals surface area contributed by atoms with E-state index in [1.165, 1.54) is 11.3 Å². The van der Waals surface area contributed by atoms with Crippen LogP contribution in [0.4, 0.5) is 14.5 Å². The molecule has 0 N–H and O–H groups in total. The zero-order valence-electron chi connectivity index (χ0n) is 19.2. The number of rotatable bonds is 6. The number of nitrogens with zero attached hydrogens (tertiary/aromatic N) is 6. The van der Waals surface area contributed by atoms with Gasteiger partial charge in [0, 0.05) is 12.5 Å². The number of hydrogen-bond donors (Lipinski definition) is 0. The third kappa shape index (κ3) is 4.81. The fraction of sp³-hybridized carbons (Fsp3) is 0.333. The van der Waals surface area contributed by atoms with Gasteiger partial charge in [-0.05, 0) is 25.0 Å². The lowest BCUT2D eigenvalue weighted by Crippen LogP contribution is -2.23. The SMILES string of the molecule is [C-]#[N+]Cc1sc2c(c1C)C(c1ccc([N+]#[C-])cc1)=N[C@@H](CC(=O)OCC(C)(F)F)c1nnc(C)n1-2. The Morgan fingerprint density at radius 2 is 1.94 bits per heavy atom. The van der Waals surface area contributed by atoms with Crippen LogP contribution >= 0.6 is 11.3 Å². The number of carbonyl (C=O) groups is 1. The van der Waals surface area contributed by atoms with Crippen molar-refractivity contribution < 1.29 is 18.3 Å². The van der Waals surface area contributed by atoms with Crippen molar-refractivity contribution in [1.29, 1.82) is 0 Å². The minimum atomic E-state index is -3.14. The second kappa shape index (κ2) is 9.35. The highest BCUT2D eigenvalue weighted by molar-refractivity contribution is 7.15. The summed E-state index contributed by atoms with van der Waals surface area (Å²) in [5, 5.41) is 9.19. The first-order valence-electron chi connectivity index (χ1n) is 10.6. The number of hydrogen-bond acceptors (Lipinski definition) is 6. The molecule has 178 valence electrons. The molecule has 3 heterocycles. The van der Waals surface area contributed by atoms with Crippen molar-refractivity contribution in [3.63, 3.8) is 0 Å². The molecule has 0 unspecified atom stereocenters. The van der Waals surface area contributed by atoms with E-state index in [-0.39, 0.29) is 13.0 Å². The van der Waals surface area contributed by atoms with Gasteiger partial charge in [0.1, 0.15) is 16.9 Å². The van der Waals surface area contributed by atoms with Crippen LogP contribution in [0.3, 0.4) is 0 Å². The first-order chi connectivity index (χ1) is 16.6. The van der Waals surface area contributed by atoms with E-state index >= 15 is 0 Å². The van der Waals surface area contributed by atoms with Crippen LogP contribution < -0.4 is 0 Å². The molecule has 11 heteroatoms. The summed E-state index contributed by atoms with van der Waals surface area (Å²) in [4.78, 5) is 25.2. The molecule has 0 aliphatic carbocycles. The molecule has 0 fully saturated rings. The number of carbonyl (C=O) groups excluding carboxylic acids is 1. The van der Waals surface area contributed by atoms with Crippen molar-refractivity contribution >= 4 is 28.7 Å². The van der Waals surface area contributed by atoms with Crippen molar-refractivity contribution in [3.8, 4) is 5.00 Å². The van der Waals surface area contributed by atoms with Crippen LogP contribution in [0.1, 0.15) is 52.6 Å². The Labute approximate surface area is 204 Å². The van der Waals surface area contributed by atoms with E-state index in [2.05, 4.69) is 19.9 Å². The van der Waals surface area contributed by atoms with E-state index in [4.69, 9.17) is 22.9 Å². The van der Waals surface area contributed by atoms with E-state index < -0.39 is 24.5 Å². The molecule has 35 heavy (non-hydrogen) atoms. The molecule has 0 amide bonds. The Bertz CT molecular complexity index is 1400. The fourth-order valence-corrected chi connectivity index (χ4v) is 5.09. The number of halogens is 2. The number of thiophene rings is 1. The Kier molecular flexibility index (Phi) is 6.46. The van der Waals surface area contributed by atoms with E-state index in [1.807, 2.05) is 6.92 Å². The van der Waals surface area contributed by atoms with Gasteiger partial charge in [-0.2, -0.15) is 0 Å². The fourth-order valence-electron chi connectivity index (χ4n) is 3.80. The average molecular weight is 495 g/mol. The zero-order chi connectivity index (χ0) is 25.3. The third-order valence-corrected chi connectivity index (χ3v) is 6.70. The minimum Gasteiger partial charge on any atom is -0.459 e. The Morgan fingerprint density at radius 3 is 2.57 bits per heavy atom. The quantitative estimate of drug-likeness (QED) is 0.340. The predicted molar refractivity (Wildman–Crippen MR) is 126 cm³/mol. The molecule has 3 aromatic rings. The smallest absolute Gasteiger partial charge is 0.308 e. The van der Waals surface area contributed by atoms with Crippen LogP contribution in [0, 0.1) is 27.0 Å². The lowest BCUT2D eigenvalue weighted by Gasteiger charge is -2.14. The molecular formula is C24H20F2N6O2S. The summed E-state index contributed by atoms with van der Waals surface area (Å²) in [7, 11) is 0. The van der Waals surface area contributed by atoms with Gasteiger partial charge in [-0.25, -0.2) is 20.2 Å². The van der Waals surface area contributed by atoms with Crippen LogP contribution in [0.2, 0.25) is 0 Å². The maximum atomic E-state index is 13.2. The molecule has 4 rings (SSSR count). The molecule has 0 saturated carbocycles. The highest BCUT2D eigenvalue weighted by Gasteiger charge is 2.34. The van der Waals surface area contributed by atoms with Crippen molar-refractivity contribution in [3.05, 3.63) is 80.3 Å². The summed E-state index contributed by atoms with van der Waals surface area (Å²) >= 11 is 1.43. The van der Waals surface area contributed by atoms with Gasteiger partial charge >= 0.3 is 5.97 Å². The second-order valence-electron chi connectivity index (χ2n) is 8.17.